The molecular formula is C21H24N6OS. The summed E-state index contributed by atoms with van der Waals surface area (Å²) in [4.78, 5) is 24.6. The van der Waals surface area contributed by atoms with E-state index >= 15 is 0 Å². The number of aryl methyl sites for hydroxylation is 2. The lowest BCUT2D eigenvalue weighted by Crippen LogP contribution is -2.39. The molecular weight excluding hydrogens is 384 g/mol. The molecule has 0 radical (unpaired) electrons. The molecule has 8 heteroatoms. The number of rotatable bonds is 5. The molecule has 1 aliphatic rings. The second-order valence-corrected chi connectivity index (χ2v) is 8.01. The van der Waals surface area contributed by atoms with E-state index in [2.05, 4.69) is 24.9 Å². The average molecular weight is 409 g/mol. The Labute approximate surface area is 174 Å². The zero-order chi connectivity index (χ0) is 20.2. The summed E-state index contributed by atoms with van der Waals surface area (Å²) >= 11 is 1.19. The molecule has 4 heterocycles. The van der Waals surface area contributed by atoms with Gasteiger partial charge < -0.3 is 10.2 Å². The maximum Gasteiger partial charge on any atom is 0.267 e. The minimum atomic E-state index is 0.0467. The van der Waals surface area contributed by atoms with Crippen LogP contribution in [0, 0.1) is 6.92 Å². The summed E-state index contributed by atoms with van der Waals surface area (Å²) in [5.41, 5.74) is 3.80. The van der Waals surface area contributed by atoms with Crippen LogP contribution in [-0.4, -0.2) is 43.5 Å². The van der Waals surface area contributed by atoms with Crippen molar-refractivity contribution >= 4 is 28.9 Å². The van der Waals surface area contributed by atoms with Crippen LogP contribution >= 0.6 is 11.5 Å². The van der Waals surface area contributed by atoms with Gasteiger partial charge >= 0.3 is 0 Å². The summed E-state index contributed by atoms with van der Waals surface area (Å²) < 4.78 is 3.96. The van der Waals surface area contributed by atoms with E-state index in [0.29, 0.717) is 11.4 Å². The highest BCUT2D eigenvalue weighted by Gasteiger charge is 2.28. The molecule has 1 unspecified atom stereocenters. The van der Waals surface area contributed by atoms with Crippen LogP contribution in [0.2, 0.25) is 0 Å². The maximum absolute atomic E-state index is 12.9. The molecule has 4 rings (SSSR count). The van der Waals surface area contributed by atoms with E-state index in [9.17, 15) is 4.79 Å². The Bertz CT molecular complexity index is 987. The zero-order valence-electron chi connectivity index (χ0n) is 16.6. The number of aromatic nitrogens is 4. The third-order valence-electron chi connectivity index (χ3n) is 5.27. The Hall–Kier alpha value is -2.87. The maximum atomic E-state index is 12.9. The molecule has 3 aromatic rings. The van der Waals surface area contributed by atoms with Gasteiger partial charge in [0.2, 0.25) is 0 Å². The fraction of sp³-hybridized carbons (Fsp3) is 0.381. The fourth-order valence-electron chi connectivity index (χ4n) is 3.62. The molecule has 7 nitrogen and oxygen atoms in total. The van der Waals surface area contributed by atoms with E-state index < -0.39 is 0 Å². The van der Waals surface area contributed by atoms with Crippen LogP contribution in [0.15, 0.2) is 36.7 Å². The molecule has 0 bridgehead atoms. The minimum Gasteiger partial charge on any atom is -0.339 e. The fourth-order valence-corrected chi connectivity index (χ4v) is 4.34. The normalized spacial score (nSPS) is 16.6. The van der Waals surface area contributed by atoms with Crippen molar-refractivity contribution in [1.82, 2.24) is 24.5 Å². The van der Waals surface area contributed by atoms with Crippen LogP contribution in [0.3, 0.4) is 0 Å². The average Bonchev–Trinajstić information content (AvgIpc) is 3.24. The summed E-state index contributed by atoms with van der Waals surface area (Å²) in [7, 11) is 0. The van der Waals surface area contributed by atoms with Crippen molar-refractivity contribution in [2.45, 2.75) is 39.0 Å². The SMILES string of the molecule is CCc1nnsc1C(=O)N1CCCC(c2ccc(Nc3ncccc3C)cn2)C1. The predicted octanol–water partition coefficient (Wildman–Crippen LogP) is 3.96. The van der Waals surface area contributed by atoms with E-state index in [-0.39, 0.29) is 11.8 Å². The molecule has 150 valence electrons. The van der Waals surface area contributed by atoms with Gasteiger partial charge in [-0.05, 0) is 61.5 Å². The summed E-state index contributed by atoms with van der Waals surface area (Å²) in [5, 5.41) is 7.38. The van der Waals surface area contributed by atoms with E-state index in [4.69, 9.17) is 0 Å². The van der Waals surface area contributed by atoms with Crippen molar-refractivity contribution in [3.8, 4) is 0 Å². The Morgan fingerprint density at radius 3 is 2.97 bits per heavy atom. The molecule has 29 heavy (non-hydrogen) atoms. The van der Waals surface area contributed by atoms with Gasteiger partial charge in [0.15, 0.2) is 0 Å². The molecule has 0 saturated carbocycles. The lowest BCUT2D eigenvalue weighted by Gasteiger charge is -2.32. The lowest BCUT2D eigenvalue weighted by atomic mass is 9.94. The van der Waals surface area contributed by atoms with Gasteiger partial charge in [0.25, 0.3) is 5.91 Å². The van der Waals surface area contributed by atoms with Gasteiger partial charge in [-0.25, -0.2) is 4.98 Å². The van der Waals surface area contributed by atoms with Crippen molar-refractivity contribution in [1.29, 1.82) is 0 Å². The number of piperidine rings is 1. The molecule has 0 aliphatic carbocycles. The number of carbonyl (C=O) groups is 1. The van der Waals surface area contributed by atoms with Gasteiger partial charge in [-0.15, -0.1) is 5.10 Å². The van der Waals surface area contributed by atoms with E-state index in [1.165, 1.54) is 11.5 Å². The van der Waals surface area contributed by atoms with E-state index in [0.717, 1.165) is 54.3 Å². The Kier molecular flexibility index (Phi) is 5.80. The topological polar surface area (TPSA) is 83.9 Å². The third kappa shape index (κ3) is 4.27. The van der Waals surface area contributed by atoms with Gasteiger partial charge in [-0.1, -0.05) is 17.5 Å². The first kappa shape index (κ1) is 19.4. The molecule has 1 saturated heterocycles. The Balaban J connectivity index is 1.44. The van der Waals surface area contributed by atoms with Crippen LogP contribution in [0.25, 0.3) is 0 Å². The Morgan fingerprint density at radius 2 is 2.21 bits per heavy atom. The van der Waals surface area contributed by atoms with Gasteiger partial charge in [0.05, 0.1) is 17.6 Å². The minimum absolute atomic E-state index is 0.0467. The molecule has 1 fully saturated rings. The zero-order valence-corrected chi connectivity index (χ0v) is 17.4. The van der Waals surface area contributed by atoms with Crippen LogP contribution in [-0.2, 0) is 6.42 Å². The number of hydrogen-bond acceptors (Lipinski definition) is 7. The number of anilines is 2. The standard InChI is InChI=1S/C21H24N6OS/c1-3-17-19(29-26-25-17)21(28)27-11-5-7-15(13-27)18-9-8-16(12-23-18)24-20-14(2)6-4-10-22-20/h4,6,8-10,12,15H,3,5,7,11,13H2,1-2H3,(H,22,24). The van der Waals surface area contributed by atoms with Crippen molar-refractivity contribution in [3.63, 3.8) is 0 Å². The summed E-state index contributed by atoms with van der Waals surface area (Å²) in [6, 6.07) is 8.02. The molecule has 1 aliphatic heterocycles. The second kappa shape index (κ2) is 8.65. The highest BCUT2D eigenvalue weighted by Crippen LogP contribution is 2.28. The van der Waals surface area contributed by atoms with Gasteiger partial charge in [0.1, 0.15) is 10.7 Å². The number of hydrogen-bond donors (Lipinski definition) is 1. The number of likely N-dealkylation sites (tertiary alicyclic amines) is 1. The number of nitrogens with one attached hydrogen (secondary N) is 1. The number of carbonyl (C=O) groups excluding carboxylic acids is 1. The first-order chi connectivity index (χ1) is 14.2. The molecule has 1 N–H and O–H groups in total. The van der Waals surface area contributed by atoms with Crippen LogP contribution < -0.4 is 5.32 Å². The summed E-state index contributed by atoms with van der Waals surface area (Å²) in [5.74, 6) is 1.12. The first-order valence-corrected chi connectivity index (χ1v) is 10.7. The quantitative estimate of drug-likeness (QED) is 0.688. The molecule has 3 aromatic heterocycles. The van der Waals surface area contributed by atoms with Crippen LogP contribution in [0.4, 0.5) is 11.5 Å². The number of pyridine rings is 2. The van der Waals surface area contributed by atoms with Crippen molar-refractivity contribution < 1.29 is 4.79 Å². The van der Waals surface area contributed by atoms with Gasteiger partial charge in [0, 0.05) is 30.9 Å². The molecule has 1 atom stereocenters. The van der Waals surface area contributed by atoms with E-state index in [1.54, 1.807) is 6.20 Å². The highest BCUT2D eigenvalue weighted by atomic mass is 32.1. The highest BCUT2D eigenvalue weighted by molar-refractivity contribution is 7.08. The Morgan fingerprint density at radius 1 is 1.31 bits per heavy atom. The monoisotopic (exact) mass is 408 g/mol. The first-order valence-electron chi connectivity index (χ1n) is 9.90. The predicted molar refractivity (Wildman–Crippen MR) is 114 cm³/mol. The second-order valence-electron chi connectivity index (χ2n) is 7.26. The van der Waals surface area contributed by atoms with Crippen molar-refractivity contribution in [2.24, 2.45) is 0 Å². The smallest absolute Gasteiger partial charge is 0.267 e. The van der Waals surface area contributed by atoms with Crippen LogP contribution in [0.1, 0.15) is 52.3 Å². The van der Waals surface area contributed by atoms with Gasteiger partial charge in [-0.3, -0.25) is 9.78 Å². The molecule has 1 amide bonds. The summed E-state index contributed by atoms with van der Waals surface area (Å²) in [6.07, 6.45) is 6.34. The number of nitrogens with zero attached hydrogens (tertiary/aromatic N) is 5. The van der Waals surface area contributed by atoms with Crippen molar-refractivity contribution in [3.05, 3.63) is 58.5 Å². The molecule has 0 spiro atoms. The number of amides is 1. The molecule has 0 aromatic carbocycles. The van der Waals surface area contributed by atoms with E-state index in [1.807, 2.05) is 49.2 Å². The third-order valence-corrected chi connectivity index (χ3v) is 6.03. The lowest BCUT2D eigenvalue weighted by molar-refractivity contribution is 0.0709. The van der Waals surface area contributed by atoms with Crippen LogP contribution in [0.5, 0.6) is 0 Å². The summed E-state index contributed by atoms with van der Waals surface area (Å²) in [6.45, 7) is 5.47. The largest absolute Gasteiger partial charge is 0.339 e. The van der Waals surface area contributed by atoms with Gasteiger partial charge in [-0.2, -0.15) is 0 Å². The van der Waals surface area contributed by atoms with Crippen molar-refractivity contribution in [2.75, 3.05) is 18.4 Å².